The molecule has 2 rings (SSSR count). The number of nitrogens with two attached hydrogens (primary N) is 1. The van der Waals surface area contributed by atoms with Crippen LogP contribution in [0.3, 0.4) is 0 Å². The quantitative estimate of drug-likeness (QED) is 0.868. The Bertz CT molecular complexity index is 460. The molecule has 0 radical (unpaired) electrons. The third-order valence-corrected chi connectivity index (χ3v) is 4.30. The smallest absolute Gasteiger partial charge is 0.237 e. The maximum atomic E-state index is 12.1. The maximum Gasteiger partial charge on any atom is 0.237 e. The summed E-state index contributed by atoms with van der Waals surface area (Å²) >= 11 is 0. The van der Waals surface area contributed by atoms with Crippen molar-refractivity contribution in [2.24, 2.45) is 11.7 Å². The number of carbonyl (C=O) groups excluding carboxylic acids is 1. The van der Waals surface area contributed by atoms with Gasteiger partial charge in [-0.25, -0.2) is 0 Å². The zero-order chi connectivity index (χ0) is 15.4. The number of carbonyl (C=O) groups is 1. The van der Waals surface area contributed by atoms with Gasteiger partial charge >= 0.3 is 0 Å². The van der Waals surface area contributed by atoms with Crippen LogP contribution in [0.15, 0.2) is 30.3 Å². The van der Waals surface area contributed by atoms with Crippen molar-refractivity contribution in [2.45, 2.75) is 51.9 Å². The molecule has 1 aromatic carbocycles. The molecule has 0 aliphatic carbocycles. The van der Waals surface area contributed by atoms with Gasteiger partial charge in [-0.05, 0) is 24.8 Å². The Morgan fingerprint density at radius 3 is 2.67 bits per heavy atom. The summed E-state index contributed by atoms with van der Waals surface area (Å²) in [5.41, 5.74) is 7.22. The first kappa shape index (κ1) is 16.0. The summed E-state index contributed by atoms with van der Waals surface area (Å²) < 4.78 is 0. The fourth-order valence-electron chi connectivity index (χ4n) is 2.84. The molecule has 1 aliphatic heterocycles. The van der Waals surface area contributed by atoms with Crippen LogP contribution in [0.4, 0.5) is 0 Å². The van der Waals surface area contributed by atoms with Crippen molar-refractivity contribution in [3.05, 3.63) is 35.9 Å². The molecule has 1 amide bonds. The van der Waals surface area contributed by atoms with Crippen molar-refractivity contribution in [3.63, 3.8) is 0 Å². The van der Waals surface area contributed by atoms with Crippen LogP contribution < -0.4 is 11.1 Å². The lowest BCUT2D eigenvalue weighted by Gasteiger charge is -2.21. The number of nitrogens with zero attached hydrogens (tertiary/aromatic N) is 1. The molecule has 1 aliphatic rings. The van der Waals surface area contributed by atoms with Gasteiger partial charge in [0.2, 0.25) is 5.91 Å². The van der Waals surface area contributed by atoms with Crippen molar-refractivity contribution in [1.82, 2.24) is 10.2 Å². The lowest BCUT2D eigenvalue weighted by Crippen LogP contribution is -2.48. The highest BCUT2D eigenvalue weighted by atomic mass is 16.2. The van der Waals surface area contributed by atoms with E-state index in [9.17, 15) is 4.79 Å². The summed E-state index contributed by atoms with van der Waals surface area (Å²) in [6.07, 6.45) is 0.989. The normalized spacial score (nSPS) is 24.2. The lowest BCUT2D eigenvalue weighted by atomic mass is 10.0. The Balaban J connectivity index is 1.88. The van der Waals surface area contributed by atoms with Crippen LogP contribution in [0.5, 0.6) is 0 Å². The van der Waals surface area contributed by atoms with E-state index in [1.54, 1.807) is 0 Å². The van der Waals surface area contributed by atoms with Crippen LogP contribution in [0, 0.1) is 5.92 Å². The first-order valence-corrected chi connectivity index (χ1v) is 7.81. The van der Waals surface area contributed by atoms with Gasteiger partial charge in [0.05, 0.1) is 6.04 Å². The minimum absolute atomic E-state index is 0.0243. The number of hydrogen-bond donors (Lipinski definition) is 2. The van der Waals surface area contributed by atoms with E-state index in [4.69, 9.17) is 5.73 Å². The van der Waals surface area contributed by atoms with Gasteiger partial charge in [-0.3, -0.25) is 9.69 Å². The number of rotatable bonds is 5. The van der Waals surface area contributed by atoms with E-state index in [1.165, 1.54) is 5.56 Å². The number of hydrogen-bond acceptors (Lipinski definition) is 3. The average molecular weight is 289 g/mol. The molecule has 4 heteroatoms. The second-order valence-corrected chi connectivity index (χ2v) is 6.48. The average Bonchev–Trinajstić information content (AvgIpc) is 2.78. The molecule has 0 saturated carbocycles. The van der Waals surface area contributed by atoms with E-state index in [-0.39, 0.29) is 17.9 Å². The van der Waals surface area contributed by atoms with Gasteiger partial charge in [0.1, 0.15) is 0 Å². The predicted molar refractivity (Wildman–Crippen MR) is 85.7 cm³/mol. The Morgan fingerprint density at radius 2 is 2.05 bits per heavy atom. The Hall–Kier alpha value is -1.39. The highest BCUT2D eigenvalue weighted by Gasteiger charge is 2.31. The highest BCUT2D eigenvalue weighted by molar-refractivity contribution is 5.82. The monoisotopic (exact) mass is 289 g/mol. The zero-order valence-electron chi connectivity index (χ0n) is 13.3. The third-order valence-electron chi connectivity index (χ3n) is 4.30. The lowest BCUT2D eigenvalue weighted by molar-refractivity contribution is -0.123. The zero-order valence-corrected chi connectivity index (χ0v) is 13.3. The van der Waals surface area contributed by atoms with Gasteiger partial charge in [-0.1, -0.05) is 44.2 Å². The van der Waals surface area contributed by atoms with Gasteiger partial charge in [0.25, 0.3) is 0 Å². The summed E-state index contributed by atoms with van der Waals surface area (Å²) in [5.74, 6) is 0.146. The molecule has 0 aromatic heterocycles. The topological polar surface area (TPSA) is 58.4 Å². The standard InChI is InChI=1S/C17H27N3O/c1-12(2)16(18)17(21)19-15-9-13(3)20(11-15)10-14-7-5-4-6-8-14/h4-8,12-13,15-16H,9-11,18H2,1-3H3,(H,19,21)/t13?,15?,16-/m0/s1. The van der Waals surface area contributed by atoms with Crippen LogP contribution in [0.1, 0.15) is 32.8 Å². The van der Waals surface area contributed by atoms with Crippen LogP contribution in [-0.4, -0.2) is 35.5 Å². The molecule has 4 nitrogen and oxygen atoms in total. The second kappa shape index (κ2) is 7.05. The van der Waals surface area contributed by atoms with Gasteiger partial charge in [0.15, 0.2) is 0 Å². The molecule has 116 valence electrons. The molecule has 21 heavy (non-hydrogen) atoms. The summed E-state index contributed by atoms with van der Waals surface area (Å²) in [4.78, 5) is 14.5. The summed E-state index contributed by atoms with van der Waals surface area (Å²) in [6, 6.07) is 10.7. The van der Waals surface area contributed by atoms with E-state index >= 15 is 0 Å². The first-order valence-electron chi connectivity index (χ1n) is 7.81. The largest absolute Gasteiger partial charge is 0.351 e. The molecule has 1 heterocycles. The Kier molecular flexibility index (Phi) is 5.37. The van der Waals surface area contributed by atoms with Crippen LogP contribution >= 0.6 is 0 Å². The molecular formula is C17H27N3O. The molecule has 3 atom stereocenters. The Labute approximate surface area is 127 Å². The third kappa shape index (κ3) is 4.29. The van der Waals surface area contributed by atoms with Gasteiger partial charge < -0.3 is 11.1 Å². The number of amides is 1. The minimum Gasteiger partial charge on any atom is -0.351 e. The van der Waals surface area contributed by atoms with E-state index in [0.717, 1.165) is 19.5 Å². The summed E-state index contributed by atoms with van der Waals surface area (Å²) in [5, 5.41) is 3.10. The van der Waals surface area contributed by atoms with Crippen LogP contribution in [0.2, 0.25) is 0 Å². The van der Waals surface area contributed by atoms with E-state index < -0.39 is 6.04 Å². The Morgan fingerprint density at radius 1 is 1.38 bits per heavy atom. The highest BCUT2D eigenvalue weighted by Crippen LogP contribution is 2.20. The molecule has 1 aromatic rings. The molecule has 2 unspecified atom stereocenters. The fourth-order valence-corrected chi connectivity index (χ4v) is 2.84. The number of nitrogens with one attached hydrogen (secondary N) is 1. The molecule has 0 spiro atoms. The molecular weight excluding hydrogens is 262 g/mol. The van der Waals surface area contributed by atoms with Gasteiger partial charge in [-0.2, -0.15) is 0 Å². The van der Waals surface area contributed by atoms with Crippen molar-refractivity contribution in [3.8, 4) is 0 Å². The summed E-state index contributed by atoms with van der Waals surface area (Å²) in [6.45, 7) is 8.00. The van der Waals surface area contributed by atoms with Crippen molar-refractivity contribution < 1.29 is 4.79 Å². The maximum absolute atomic E-state index is 12.1. The molecule has 0 bridgehead atoms. The molecule has 1 saturated heterocycles. The number of benzene rings is 1. The van der Waals surface area contributed by atoms with E-state index in [1.807, 2.05) is 19.9 Å². The van der Waals surface area contributed by atoms with E-state index in [2.05, 4.69) is 41.4 Å². The summed E-state index contributed by atoms with van der Waals surface area (Å²) in [7, 11) is 0. The van der Waals surface area contributed by atoms with Gasteiger partial charge in [0, 0.05) is 25.2 Å². The molecule has 1 fully saturated rings. The first-order chi connectivity index (χ1) is 9.97. The van der Waals surface area contributed by atoms with Crippen molar-refractivity contribution >= 4 is 5.91 Å². The van der Waals surface area contributed by atoms with Crippen LogP contribution in [0.25, 0.3) is 0 Å². The fraction of sp³-hybridized carbons (Fsp3) is 0.588. The van der Waals surface area contributed by atoms with Crippen LogP contribution in [-0.2, 0) is 11.3 Å². The second-order valence-electron chi connectivity index (χ2n) is 6.48. The number of likely N-dealkylation sites (tertiary alicyclic amines) is 1. The minimum atomic E-state index is -0.413. The van der Waals surface area contributed by atoms with Crippen molar-refractivity contribution in [2.75, 3.05) is 6.54 Å². The van der Waals surface area contributed by atoms with Crippen molar-refractivity contribution in [1.29, 1.82) is 0 Å². The predicted octanol–water partition coefficient (Wildman–Crippen LogP) is 1.75. The molecule has 3 N–H and O–H groups in total. The SMILES string of the molecule is CC(C)[C@H](N)C(=O)NC1CC(C)N(Cc2ccccc2)C1. The van der Waals surface area contributed by atoms with E-state index in [0.29, 0.717) is 6.04 Å². The van der Waals surface area contributed by atoms with Gasteiger partial charge in [-0.15, -0.1) is 0 Å².